The smallest absolute Gasteiger partial charge is 0.330 e. The van der Waals surface area contributed by atoms with Crippen molar-refractivity contribution in [2.24, 2.45) is 0 Å². The van der Waals surface area contributed by atoms with Gasteiger partial charge in [-0.1, -0.05) is 15.9 Å². The predicted octanol–water partition coefficient (Wildman–Crippen LogP) is 1.68. The number of amides is 2. The lowest BCUT2D eigenvalue weighted by Gasteiger charge is -2.39. The van der Waals surface area contributed by atoms with Crippen LogP contribution in [0.15, 0.2) is 22.7 Å². The highest BCUT2D eigenvalue weighted by Crippen LogP contribution is 2.36. The van der Waals surface area contributed by atoms with Gasteiger partial charge in [0.15, 0.2) is 5.54 Å². The van der Waals surface area contributed by atoms with Crippen molar-refractivity contribution in [1.82, 2.24) is 4.90 Å². The van der Waals surface area contributed by atoms with Crippen LogP contribution in [0.5, 0.6) is 0 Å². The Morgan fingerprint density at radius 3 is 2.43 bits per heavy atom. The molecular formula is C14H12BrNO5. The zero-order valence-electron chi connectivity index (χ0n) is 11.0. The van der Waals surface area contributed by atoms with Crippen molar-refractivity contribution in [3.05, 3.63) is 33.8 Å². The van der Waals surface area contributed by atoms with Gasteiger partial charge < -0.3 is 9.84 Å². The maximum Gasteiger partial charge on any atom is 0.330 e. The second-order valence-electron chi connectivity index (χ2n) is 5.08. The van der Waals surface area contributed by atoms with E-state index in [-0.39, 0.29) is 37.2 Å². The van der Waals surface area contributed by atoms with Crippen LogP contribution in [0.2, 0.25) is 0 Å². The molecule has 0 aromatic heterocycles. The van der Waals surface area contributed by atoms with Crippen LogP contribution in [0, 0.1) is 0 Å². The molecule has 0 saturated carbocycles. The fourth-order valence-electron chi connectivity index (χ4n) is 2.84. The maximum absolute atomic E-state index is 12.5. The predicted molar refractivity (Wildman–Crippen MR) is 75.1 cm³/mol. The number of carbonyl (C=O) groups is 3. The third kappa shape index (κ3) is 1.99. The Morgan fingerprint density at radius 2 is 1.81 bits per heavy atom. The molecule has 110 valence electrons. The first kappa shape index (κ1) is 14.2. The molecule has 1 saturated heterocycles. The minimum absolute atomic E-state index is 0.106. The van der Waals surface area contributed by atoms with Gasteiger partial charge in [-0.25, -0.2) is 4.79 Å². The van der Waals surface area contributed by atoms with Crippen LogP contribution in [-0.2, 0) is 9.53 Å². The number of hydrogen-bond acceptors (Lipinski definition) is 4. The number of nitrogens with zero attached hydrogens (tertiary/aromatic N) is 1. The topological polar surface area (TPSA) is 83.9 Å². The van der Waals surface area contributed by atoms with Crippen LogP contribution in [0.3, 0.4) is 0 Å². The van der Waals surface area contributed by atoms with Crippen LogP contribution in [0.25, 0.3) is 0 Å². The van der Waals surface area contributed by atoms with E-state index >= 15 is 0 Å². The first-order chi connectivity index (χ1) is 9.97. The van der Waals surface area contributed by atoms with Crippen LogP contribution in [-0.4, -0.2) is 46.5 Å². The lowest BCUT2D eigenvalue weighted by atomic mass is 9.88. The first-order valence-corrected chi connectivity index (χ1v) is 7.26. The van der Waals surface area contributed by atoms with Gasteiger partial charge in [0.05, 0.1) is 11.1 Å². The molecule has 3 rings (SSSR count). The summed E-state index contributed by atoms with van der Waals surface area (Å²) in [5.41, 5.74) is -1.03. The van der Waals surface area contributed by atoms with E-state index in [1.165, 1.54) is 6.07 Å². The molecule has 0 spiro atoms. The quantitative estimate of drug-likeness (QED) is 0.817. The standard InChI is InChI=1S/C14H12BrNO5/c15-8-1-2-9-10(7-8)12(18)16(11(9)17)14(13(19)20)3-5-21-6-4-14/h1-2,7H,3-6H2,(H,19,20). The van der Waals surface area contributed by atoms with Gasteiger partial charge in [0.25, 0.3) is 11.8 Å². The average molecular weight is 354 g/mol. The molecule has 1 fully saturated rings. The lowest BCUT2D eigenvalue weighted by Crippen LogP contribution is -2.59. The Morgan fingerprint density at radius 1 is 1.19 bits per heavy atom. The number of carboxylic acid groups (broad SMARTS) is 1. The monoisotopic (exact) mass is 353 g/mol. The summed E-state index contributed by atoms with van der Waals surface area (Å²) >= 11 is 3.25. The van der Waals surface area contributed by atoms with Crippen molar-refractivity contribution in [2.75, 3.05) is 13.2 Å². The summed E-state index contributed by atoms with van der Waals surface area (Å²) in [5.74, 6) is -2.27. The van der Waals surface area contributed by atoms with Gasteiger partial charge in [0.1, 0.15) is 0 Å². The van der Waals surface area contributed by atoms with E-state index in [9.17, 15) is 19.5 Å². The molecule has 2 aliphatic rings. The van der Waals surface area contributed by atoms with Crippen LogP contribution < -0.4 is 0 Å². The number of carbonyl (C=O) groups excluding carboxylic acids is 2. The molecule has 1 aromatic rings. The van der Waals surface area contributed by atoms with E-state index in [4.69, 9.17) is 4.74 Å². The highest BCUT2D eigenvalue weighted by atomic mass is 79.9. The minimum atomic E-state index is -1.52. The molecule has 7 heteroatoms. The zero-order chi connectivity index (χ0) is 15.2. The lowest BCUT2D eigenvalue weighted by molar-refractivity contribution is -0.154. The number of aliphatic carboxylic acids is 1. The van der Waals surface area contributed by atoms with E-state index in [0.717, 1.165) is 4.90 Å². The van der Waals surface area contributed by atoms with E-state index in [2.05, 4.69) is 15.9 Å². The van der Waals surface area contributed by atoms with Crippen molar-refractivity contribution in [2.45, 2.75) is 18.4 Å². The number of ether oxygens (including phenoxy) is 1. The van der Waals surface area contributed by atoms with E-state index in [1.54, 1.807) is 12.1 Å². The van der Waals surface area contributed by atoms with Crippen LogP contribution >= 0.6 is 15.9 Å². The third-order valence-electron chi connectivity index (χ3n) is 3.99. The third-order valence-corrected chi connectivity index (χ3v) is 4.49. The Hall–Kier alpha value is -1.73. The number of imide groups is 1. The van der Waals surface area contributed by atoms with Gasteiger partial charge in [0.2, 0.25) is 0 Å². The molecular weight excluding hydrogens is 342 g/mol. The molecule has 2 amide bonds. The molecule has 1 N–H and O–H groups in total. The SMILES string of the molecule is O=C1c2ccc(Br)cc2C(=O)N1C1(C(=O)O)CCOCC1. The molecule has 1 aromatic carbocycles. The van der Waals surface area contributed by atoms with E-state index in [1.807, 2.05) is 0 Å². The Labute approximate surface area is 128 Å². The highest BCUT2D eigenvalue weighted by molar-refractivity contribution is 9.10. The summed E-state index contributed by atoms with van der Waals surface area (Å²) in [6, 6.07) is 4.74. The molecule has 6 nitrogen and oxygen atoms in total. The fourth-order valence-corrected chi connectivity index (χ4v) is 3.21. The molecule has 0 aliphatic carbocycles. The Bertz CT molecular complexity index is 651. The summed E-state index contributed by atoms with van der Waals surface area (Å²) in [6.07, 6.45) is 0.212. The van der Waals surface area contributed by atoms with Gasteiger partial charge >= 0.3 is 5.97 Å². The van der Waals surface area contributed by atoms with Gasteiger partial charge in [-0.2, -0.15) is 0 Å². The molecule has 2 aliphatic heterocycles. The molecule has 21 heavy (non-hydrogen) atoms. The average Bonchev–Trinajstić information content (AvgIpc) is 2.71. The van der Waals surface area contributed by atoms with Crippen molar-refractivity contribution in [3.63, 3.8) is 0 Å². The number of fused-ring (bicyclic) bond motifs is 1. The van der Waals surface area contributed by atoms with Crippen molar-refractivity contribution in [3.8, 4) is 0 Å². The van der Waals surface area contributed by atoms with Crippen molar-refractivity contribution in [1.29, 1.82) is 0 Å². The van der Waals surface area contributed by atoms with Gasteiger partial charge in [-0.3, -0.25) is 14.5 Å². The Balaban J connectivity index is 2.09. The molecule has 2 heterocycles. The van der Waals surface area contributed by atoms with Crippen LogP contribution in [0.4, 0.5) is 0 Å². The summed E-state index contributed by atoms with van der Waals surface area (Å²) < 4.78 is 5.85. The number of halogens is 1. The minimum Gasteiger partial charge on any atom is -0.479 e. The molecule has 0 atom stereocenters. The summed E-state index contributed by atoms with van der Waals surface area (Å²) in [5, 5.41) is 9.61. The van der Waals surface area contributed by atoms with Crippen molar-refractivity contribution >= 4 is 33.7 Å². The van der Waals surface area contributed by atoms with Gasteiger partial charge in [-0.05, 0) is 18.2 Å². The van der Waals surface area contributed by atoms with Crippen LogP contribution in [0.1, 0.15) is 33.6 Å². The molecule has 0 radical (unpaired) electrons. The summed E-state index contributed by atoms with van der Waals surface area (Å²) in [4.78, 5) is 37.7. The van der Waals surface area contributed by atoms with E-state index in [0.29, 0.717) is 4.47 Å². The Kier molecular flexibility index (Phi) is 3.33. The second-order valence-corrected chi connectivity index (χ2v) is 6.00. The zero-order valence-corrected chi connectivity index (χ0v) is 12.6. The normalized spacial score (nSPS) is 20.5. The second kappa shape index (κ2) is 4.92. The largest absolute Gasteiger partial charge is 0.479 e. The maximum atomic E-state index is 12.5. The first-order valence-electron chi connectivity index (χ1n) is 6.47. The van der Waals surface area contributed by atoms with Gasteiger partial charge in [0, 0.05) is 30.5 Å². The van der Waals surface area contributed by atoms with E-state index < -0.39 is 23.3 Å². The summed E-state index contributed by atoms with van der Waals surface area (Å²) in [7, 11) is 0. The number of carboxylic acids is 1. The number of hydrogen-bond donors (Lipinski definition) is 1. The fraction of sp³-hybridized carbons (Fsp3) is 0.357. The molecule has 0 unspecified atom stereocenters. The van der Waals surface area contributed by atoms with Crippen molar-refractivity contribution < 1.29 is 24.2 Å². The number of rotatable bonds is 2. The van der Waals surface area contributed by atoms with Gasteiger partial charge in [-0.15, -0.1) is 0 Å². The summed E-state index contributed by atoms with van der Waals surface area (Å²) in [6.45, 7) is 0.423. The number of benzene rings is 1. The highest BCUT2D eigenvalue weighted by Gasteiger charge is 2.54. The molecule has 0 bridgehead atoms.